The van der Waals surface area contributed by atoms with E-state index in [9.17, 15) is 0 Å². The molecule has 1 aromatic heterocycles. The molecule has 0 unspecified atom stereocenters. The molecule has 0 fully saturated rings. The zero-order valence-corrected chi connectivity index (χ0v) is 24.7. The maximum Gasteiger partial charge on any atom is 0.256 e. The quantitative estimate of drug-likeness (QED) is 0.200. The van der Waals surface area contributed by atoms with E-state index in [-0.39, 0.29) is 6.71 Å². The van der Waals surface area contributed by atoms with Crippen LogP contribution in [0.1, 0.15) is 11.3 Å². The second-order valence-corrected chi connectivity index (χ2v) is 11.8. The Labute approximate surface area is 257 Å². The molecule has 9 rings (SSSR count). The molecule has 0 atom stereocenters. The van der Waals surface area contributed by atoms with Gasteiger partial charge in [-0.05, 0) is 102 Å². The SMILES string of the molecule is Cc1c(C)n2c3c(cccc13)B1c3ccc(-c4cccc(N(c5ccccc5)c5ccccc5)c4)cc3Oc3cccc-2c31. The highest BCUT2D eigenvalue weighted by atomic mass is 16.5. The van der Waals surface area contributed by atoms with Crippen LogP contribution in [0.3, 0.4) is 0 Å². The number of ether oxygens (including phenoxy) is 1. The van der Waals surface area contributed by atoms with E-state index in [2.05, 4.69) is 163 Å². The summed E-state index contributed by atoms with van der Waals surface area (Å²) < 4.78 is 9.18. The van der Waals surface area contributed by atoms with Crippen molar-refractivity contribution in [2.75, 3.05) is 4.90 Å². The molecule has 0 amide bonds. The van der Waals surface area contributed by atoms with Gasteiger partial charge in [-0.3, -0.25) is 0 Å². The van der Waals surface area contributed by atoms with Crippen molar-refractivity contribution in [1.82, 2.24) is 4.57 Å². The molecule has 208 valence electrons. The summed E-state index contributed by atoms with van der Waals surface area (Å²) in [5.74, 6) is 1.87. The van der Waals surface area contributed by atoms with Crippen LogP contribution in [-0.2, 0) is 0 Å². The average molecular weight is 564 g/mol. The summed E-state index contributed by atoms with van der Waals surface area (Å²) in [7, 11) is 0. The summed E-state index contributed by atoms with van der Waals surface area (Å²) in [6.45, 7) is 4.60. The number of rotatable bonds is 4. The first-order valence-corrected chi connectivity index (χ1v) is 15.2. The van der Waals surface area contributed by atoms with E-state index in [1.165, 1.54) is 44.2 Å². The van der Waals surface area contributed by atoms with Crippen molar-refractivity contribution in [1.29, 1.82) is 0 Å². The fraction of sp³-hybridized carbons (Fsp3) is 0.0500. The molecule has 2 aliphatic heterocycles. The van der Waals surface area contributed by atoms with Crippen LogP contribution in [0.25, 0.3) is 27.7 Å². The van der Waals surface area contributed by atoms with E-state index in [1.54, 1.807) is 0 Å². The van der Waals surface area contributed by atoms with Gasteiger partial charge in [-0.15, -0.1) is 0 Å². The number of nitrogens with zero attached hydrogens (tertiary/aromatic N) is 2. The third-order valence-electron chi connectivity index (χ3n) is 9.47. The number of hydrogen-bond donors (Lipinski definition) is 0. The Hall–Kier alpha value is -5.48. The number of para-hydroxylation sites is 3. The molecule has 4 heteroatoms. The van der Waals surface area contributed by atoms with Gasteiger partial charge in [-0.1, -0.05) is 84.9 Å². The smallest absolute Gasteiger partial charge is 0.256 e. The van der Waals surface area contributed by atoms with Crippen molar-refractivity contribution in [2.24, 2.45) is 0 Å². The molecule has 0 saturated heterocycles. The number of hydrogen-bond acceptors (Lipinski definition) is 2. The lowest BCUT2D eigenvalue weighted by Gasteiger charge is -2.33. The van der Waals surface area contributed by atoms with Crippen LogP contribution in [0, 0.1) is 13.8 Å². The third-order valence-corrected chi connectivity index (χ3v) is 9.47. The second-order valence-electron chi connectivity index (χ2n) is 11.8. The number of aromatic nitrogens is 1. The van der Waals surface area contributed by atoms with Gasteiger partial charge in [0, 0.05) is 39.3 Å². The molecule has 0 saturated carbocycles. The van der Waals surface area contributed by atoms with Gasteiger partial charge in [0.25, 0.3) is 6.71 Å². The Kier molecular flexibility index (Phi) is 5.42. The minimum Gasteiger partial charge on any atom is -0.458 e. The zero-order chi connectivity index (χ0) is 29.4. The van der Waals surface area contributed by atoms with Gasteiger partial charge >= 0.3 is 0 Å². The zero-order valence-electron chi connectivity index (χ0n) is 24.7. The summed E-state index contributed by atoms with van der Waals surface area (Å²) in [5.41, 5.74) is 14.7. The molecule has 0 spiro atoms. The maximum atomic E-state index is 6.74. The summed E-state index contributed by atoms with van der Waals surface area (Å²) in [4.78, 5) is 2.30. The van der Waals surface area contributed by atoms with Gasteiger partial charge < -0.3 is 14.2 Å². The van der Waals surface area contributed by atoms with E-state index >= 15 is 0 Å². The van der Waals surface area contributed by atoms with Crippen LogP contribution in [0.2, 0.25) is 0 Å². The van der Waals surface area contributed by atoms with Crippen LogP contribution in [0.15, 0.2) is 140 Å². The Morgan fingerprint density at radius 3 is 2.02 bits per heavy atom. The molecule has 3 heterocycles. The molecule has 44 heavy (non-hydrogen) atoms. The monoisotopic (exact) mass is 564 g/mol. The highest BCUT2D eigenvalue weighted by Crippen LogP contribution is 2.39. The Morgan fingerprint density at radius 2 is 1.25 bits per heavy atom. The topological polar surface area (TPSA) is 17.4 Å². The molecule has 3 nitrogen and oxygen atoms in total. The maximum absolute atomic E-state index is 6.74. The van der Waals surface area contributed by atoms with Gasteiger partial charge in [0.05, 0.1) is 0 Å². The summed E-state index contributed by atoms with van der Waals surface area (Å²) >= 11 is 0. The molecule has 6 aromatic carbocycles. The molecule has 7 aromatic rings. The van der Waals surface area contributed by atoms with Gasteiger partial charge in [0.2, 0.25) is 0 Å². The van der Waals surface area contributed by atoms with Crippen LogP contribution < -0.4 is 26.0 Å². The van der Waals surface area contributed by atoms with Crippen molar-refractivity contribution >= 4 is 51.1 Å². The lowest BCUT2D eigenvalue weighted by atomic mass is 9.34. The van der Waals surface area contributed by atoms with Crippen LogP contribution in [0.4, 0.5) is 17.1 Å². The van der Waals surface area contributed by atoms with Crippen molar-refractivity contribution < 1.29 is 4.74 Å². The lowest BCUT2D eigenvalue weighted by Crippen LogP contribution is -2.58. The van der Waals surface area contributed by atoms with Crippen molar-refractivity contribution in [3.8, 4) is 28.3 Å². The van der Waals surface area contributed by atoms with E-state index < -0.39 is 0 Å². The number of fused-ring (bicyclic) bond motifs is 4. The van der Waals surface area contributed by atoms with Crippen LogP contribution in [-0.4, -0.2) is 11.3 Å². The number of aryl methyl sites for hydroxylation is 1. The Bertz CT molecular complexity index is 2200. The fourth-order valence-electron chi connectivity index (χ4n) is 7.35. The third kappa shape index (κ3) is 3.58. The summed E-state index contributed by atoms with van der Waals surface area (Å²) in [6, 6.07) is 49.9. The molecular formula is C40H29BN2O. The molecule has 0 radical (unpaired) electrons. The van der Waals surface area contributed by atoms with Gasteiger partial charge in [-0.25, -0.2) is 0 Å². The molecular weight excluding hydrogens is 535 g/mol. The molecule has 2 aliphatic rings. The van der Waals surface area contributed by atoms with Crippen LogP contribution >= 0.6 is 0 Å². The number of anilines is 3. The largest absolute Gasteiger partial charge is 0.458 e. The first kappa shape index (κ1) is 25.1. The molecule has 0 bridgehead atoms. The highest BCUT2D eigenvalue weighted by Gasteiger charge is 2.40. The van der Waals surface area contributed by atoms with E-state index in [1.807, 2.05) is 0 Å². The van der Waals surface area contributed by atoms with Gasteiger partial charge in [-0.2, -0.15) is 0 Å². The lowest BCUT2D eigenvalue weighted by molar-refractivity contribution is 0.487. The van der Waals surface area contributed by atoms with E-state index in [4.69, 9.17) is 4.74 Å². The van der Waals surface area contributed by atoms with Crippen molar-refractivity contribution in [2.45, 2.75) is 13.8 Å². The Morgan fingerprint density at radius 1 is 0.568 bits per heavy atom. The standard InChI is InChI=1S/C40H29BN2O/c1-26-27(2)42-36-20-11-21-37-39(36)41(35-19-10-18-33(26)40(35)42)34-23-22-29(25-38(34)44-37)28-12-9-17-32(24-28)43(30-13-5-3-6-14-30)31-15-7-4-8-16-31/h3-25H,1-2H3. The minimum absolute atomic E-state index is 0.127. The summed E-state index contributed by atoms with van der Waals surface area (Å²) in [6.07, 6.45) is 0. The van der Waals surface area contributed by atoms with Gasteiger partial charge in [0.15, 0.2) is 0 Å². The molecule has 0 aliphatic carbocycles. The predicted octanol–water partition coefficient (Wildman–Crippen LogP) is 8.32. The number of benzene rings is 6. The Balaban J connectivity index is 1.18. The first-order chi connectivity index (χ1) is 21.7. The van der Waals surface area contributed by atoms with Crippen molar-refractivity contribution in [3.05, 3.63) is 151 Å². The normalized spacial score (nSPS) is 12.5. The summed E-state index contributed by atoms with van der Waals surface area (Å²) in [5, 5.41) is 1.33. The second kappa shape index (κ2) is 9.52. The highest BCUT2D eigenvalue weighted by molar-refractivity contribution is 6.99. The van der Waals surface area contributed by atoms with Crippen molar-refractivity contribution in [3.63, 3.8) is 0 Å². The first-order valence-electron chi connectivity index (χ1n) is 15.2. The van der Waals surface area contributed by atoms with Gasteiger partial charge in [0.1, 0.15) is 11.5 Å². The molecule has 0 N–H and O–H groups in total. The van der Waals surface area contributed by atoms with Crippen LogP contribution in [0.5, 0.6) is 11.5 Å². The van der Waals surface area contributed by atoms with E-state index in [0.29, 0.717) is 0 Å². The fourth-order valence-corrected chi connectivity index (χ4v) is 7.35. The van der Waals surface area contributed by atoms with E-state index in [0.717, 1.165) is 39.7 Å². The average Bonchev–Trinajstić information content (AvgIpc) is 3.34. The minimum atomic E-state index is 0.127. The predicted molar refractivity (Wildman–Crippen MR) is 184 cm³/mol.